The molecule has 0 aliphatic carbocycles. The van der Waals surface area contributed by atoms with Gasteiger partial charge in [0.2, 0.25) is 0 Å². The molecule has 0 spiro atoms. The number of carbonyl (C=O) groups excluding carboxylic acids is 1. The van der Waals surface area contributed by atoms with E-state index in [1.165, 1.54) is 36.5 Å². The minimum atomic E-state index is -0.378. The molecule has 2 aromatic rings. The summed E-state index contributed by atoms with van der Waals surface area (Å²) in [6, 6.07) is 12.3. The van der Waals surface area contributed by atoms with E-state index in [-0.39, 0.29) is 22.9 Å². The largest absolute Gasteiger partial charge is 0.508 e. The zero-order valence-electron chi connectivity index (χ0n) is 10.4. The Morgan fingerprint density at radius 1 is 1.05 bits per heavy atom. The molecule has 6 nitrogen and oxygen atoms in total. The van der Waals surface area contributed by atoms with Gasteiger partial charge in [-0.25, -0.2) is 5.43 Å². The topological polar surface area (TPSA) is 113 Å². The smallest absolute Gasteiger partial charge is 0.271 e. The SMILES string of the molecule is O.O=C(N/N=C/c1cccc(O)c1)c1ccc(O)cc1. The van der Waals surface area contributed by atoms with Gasteiger partial charge in [0.05, 0.1) is 6.21 Å². The number of phenols is 2. The van der Waals surface area contributed by atoms with Crippen LogP contribution in [0.25, 0.3) is 0 Å². The lowest BCUT2D eigenvalue weighted by Gasteiger charge is -2.00. The Morgan fingerprint density at radius 3 is 2.40 bits per heavy atom. The number of carbonyl (C=O) groups is 1. The van der Waals surface area contributed by atoms with Gasteiger partial charge in [0.15, 0.2) is 0 Å². The van der Waals surface area contributed by atoms with E-state index >= 15 is 0 Å². The van der Waals surface area contributed by atoms with Crippen molar-refractivity contribution in [2.45, 2.75) is 0 Å². The molecule has 5 N–H and O–H groups in total. The maximum atomic E-state index is 11.7. The van der Waals surface area contributed by atoms with Crippen LogP contribution in [0.3, 0.4) is 0 Å². The molecule has 104 valence electrons. The van der Waals surface area contributed by atoms with Gasteiger partial charge in [-0.1, -0.05) is 12.1 Å². The van der Waals surface area contributed by atoms with Crippen LogP contribution in [0.2, 0.25) is 0 Å². The lowest BCUT2D eigenvalue weighted by atomic mass is 10.2. The first kappa shape index (κ1) is 15.2. The van der Waals surface area contributed by atoms with Gasteiger partial charge >= 0.3 is 0 Å². The van der Waals surface area contributed by atoms with Crippen LogP contribution in [0.4, 0.5) is 0 Å². The molecule has 0 aromatic heterocycles. The number of aromatic hydroxyl groups is 2. The minimum Gasteiger partial charge on any atom is -0.508 e. The average Bonchev–Trinajstić information content (AvgIpc) is 2.39. The fourth-order valence-electron chi connectivity index (χ4n) is 1.45. The van der Waals surface area contributed by atoms with E-state index in [9.17, 15) is 9.90 Å². The molecule has 0 radical (unpaired) electrons. The number of hydrazone groups is 1. The van der Waals surface area contributed by atoms with Gasteiger partial charge in [0.25, 0.3) is 5.91 Å². The molecule has 0 heterocycles. The Hall–Kier alpha value is -2.86. The number of hydrogen-bond donors (Lipinski definition) is 3. The van der Waals surface area contributed by atoms with Crippen molar-refractivity contribution < 1.29 is 20.5 Å². The summed E-state index contributed by atoms with van der Waals surface area (Å²) >= 11 is 0. The quantitative estimate of drug-likeness (QED) is 0.573. The third-order valence-electron chi connectivity index (χ3n) is 2.38. The van der Waals surface area contributed by atoms with Crippen LogP contribution in [-0.2, 0) is 0 Å². The maximum absolute atomic E-state index is 11.7. The summed E-state index contributed by atoms with van der Waals surface area (Å²) in [5.74, 6) is -0.148. The van der Waals surface area contributed by atoms with E-state index in [0.717, 1.165) is 0 Å². The Balaban J connectivity index is 0.00000200. The molecule has 0 aliphatic rings. The van der Waals surface area contributed by atoms with Crippen molar-refractivity contribution in [3.63, 3.8) is 0 Å². The predicted molar refractivity (Wildman–Crippen MR) is 74.9 cm³/mol. The highest BCUT2D eigenvalue weighted by Crippen LogP contribution is 2.10. The van der Waals surface area contributed by atoms with Crippen molar-refractivity contribution in [2.24, 2.45) is 5.10 Å². The molecular weight excluding hydrogens is 260 g/mol. The molecule has 0 atom stereocenters. The predicted octanol–water partition coefficient (Wildman–Crippen LogP) is 1.04. The number of phenolic OH excluding ortho intramolecular Hbond substituents is 2. The highest BCUT2D eigenvalue weighted by molar-refractivity contribution is 5.95. The molecule has 2 aromatic carbocycles. The van der Waals surface area contributed by atoms with E-state index in [0.29, 0.717) is 11.1 Å². The van der Waals surface area contributed by atoms with Crippen LogP contribution in [0.5, 0.6) is 11.5 Å². The lowest BCUT2D eigenvalue weighted by Crippen LogP contribution is -2.17. The fourth-order valence-corrected chi connectivity index (χ4v) is 1.45. The second-order valence-electron chi connectivity index (χ2n) is 3.84. The van der Waals surface area contributed by atoms with Crippen LogP contribution >= 0.6 is 0 Å². The highest BCUT2D eigenvalue weighted by atomic mass is 16.3. The van der Waals surface area contributed by atoms with E-state index < -0.39 is 0 Å². The van der Waals surface area contributed by atoms with Crippen LogP contribution in [0, 0.1) is 0 Å². The molecule has 2 rings (SSSR count). The fraction of sp³-hybridized carbons (Fsp3) is 0. The Morgan fingerprint density at radius 2 is 1.75 bits per heavy atom. The van der Waals surface area contributed by atoms with Gasteiger partial charge in [0, 0.05) is 5.56 Å². The normalized spacial score (nSPS) is 10.0. The first-order valence-electron chi connectivity index (χ1n) is 5.56. The third-order valence-corrected chi connectivity index (χ3v) is 2.38. The van der Waals surface area contributed by atoms with Gasteiger partial charge in [-0.3, -0.25) is 4.79 Å². The molecule has 0 fully saturated rings. The van der Waals surface area contributed by atoms with Crippen molar-refractivity contribution in [3.05, 3.63) is 59.7 Å². The molecule has 0 aliphatic heterocycles. The summed E-state index contributed by atoms with van der Waals surface area (Å²) < 4.78 is 0. The van der Waals surface area contributed by atoms with E-state index in [1.807, 2.05) is 0 Å². The summed E-state index contributed by atoms with van der Waals surface area (Å²) in [5.41, 5.74) is 3.42. The third kappa shape index (κ3) is 4.11. The van der Waals surface area contributed by atoms with Crippen molar-refractivity contribution in [1.82, 2.24) is 5.43 Å². The van der Waals surface area contributed by atoms with E-state index in [1.54, 1.807) is 18.2 Å². The Bertz CT molecular complexity index is 609. The molecule has 6 heteroatoms. The second kappa shape index (κ2) is 6.91. The first-order valence-corrected chi connectivity index (χ1v) is 5.56. The van der Waals surface area contributed by atoms with Crippen molar-refractivity contribution >= 4 is 12.1 Å². The average molecular weight is 274 g/mol. The minimum absolute atomic E-state index is 0. The second-order valence-corrected chi connectivity index (χ2v) is 3.84. The number of amides is 1. The molecule has 1 amide bonds. The van der Waals surface area contributed by atoms with Gasteiger partial charge in [-0.2, -0.15) is 5.10 Å². The highest BCUT2D eigenvalue weighted by Gasteiger charge is 2.03. The molecule has 0 bridgehead atoms. The zero-order valence-corrected chi connectivity index (χ0v) is 10.4. The maximum Gasteiger partial charge on any atom is 0.271 e. The Kier molecular flexibility index (Phi) is 5.25. The molecule has 0 unspecified atom stereocenters. The molecule has 0 saturated heterocycles. The first-order chi connectivity index (χ1) is 9.15. The van der Waals surface area contributed by atoms with Crippen LogP contribution in [0.1, 0.15) is 15.9 Å². The number of nitrogens with zero attached hydrogens (tertiary/aromatic N) is 1. The van der Waals surface area contributed by atoms with Crippen LogP contribution in [0.15, 0.2) is 53.6 Å². The summed E-state index contributed by atoms with van der Waals surface area (Å²) in [4.78, 5) is 11.7. The van der Waals surface area contributed by atoms with Crippen LogP contribution < -0.4 is 5.43 Å². The van der Waals surface area contributed by atoms with Crippen molar-refractivity contribution in [1.29, 1.82) is 0 Å². The van der Waals surface area contributed by atoms with Crippen LogP contribution in [-0.4, -0.2) is 27.8 Å². The van der Waals surface area contributed by atoms with Crippen molar-refractivity contribution in [2.75, 3.05) is 0 Å². The molecular formula is C14H14N2O4. The Labute approximate surface area is 115 Å². The summed E-state index contributed by atoms with van der Waals surface area (Å²) in [5, 5.41) is 22.1. The van der Waals surface area contributed by atoms with E-state index in [2.05, 4.69) is 10.5 Å². The summed E-state index contributed by atoms with van der Waals surface area (Å²) in [6.07, 6.45) is 1.43. The molecule has 20 heavy (non-hydrogen) atoms. The summed E-state index contributed by atoms with van der Waals surface area (Å²) in [6.45, 7) is 0. The van der Waals surface area contributed by atoms with Gasteiger partial charge in [0.1, 0.15) is 11.5 Å². The summed E-state index contributed by atoms with van der Waals surface area (Å²) in [7, 11) is 0. The number of hydrogen-bond acceptors (Lipinski definition) is 4. The zero-order chi connectivity index (χ0) is 13.7. The number of nitrogens with one attached hydrogen (secondary N) is 1. The standard InChI is InChI=1S/C14H12N2O3.H2O/c17-12-6-4-11(5-7-12)14(19)16-15-9-10-2-1-3-13(18)8-10;/h1-9,17-18H,(H,16,19);1H2/b15-9+;. The number of benzene rings is 2. The number of rotatable bonds is 3. The van der Waals surface area contributed by atoms with Crippen molar-refractivity contribution in [3.8, 4) is 11.5 Å². The molecule has 0 saturated carbocycles. The monoisotopic (exact) mass is 274 g/mol. The lowest BCUT2D eigenvalue weighted by molar-refractivity contribution is 0.0955. The van der Waals surface area contributed by atoms with Gasteiger partial charge in [-0.15, -0.1) is 0 Å². The van der Waals surface area contributed by atoms with Gasteiger partial charge in [-0.05, 0) is 42.0 Å². The van der Waals surface area contributed by atoms with Gasteiger partial charge < -0.3 is 15.7 Å². The van der Waals surface area contributed by atoms with E-state index in [4.69, 9.17) is 5.11 Å².